The first-order valence-electron chi connectivity index (χ1n) is 6.52. The van der Waals surface area contributed by atoms with E-state index in [0.29, 0.717) is 0 Å². The van der Waals surface area contributed by atoms with Crippen molar-refractivity contribution < 1.29 is 32.2 Å². The molecule has 0 amide bonds. The molecule has 0 aliphatic heterocycles. The van der Waals surface area contributed by atoms with Crippen LogP contribution in [0, 0.1) is 24.4 Å². The predicted molar refractivity (Wildman–Crippen MR) is 71.7 cm³/mol. The molecule has 0 aliphatic carbocycles. The Morgan fingerprint density at radius 1 is 1.14 bits per heavy atom. The molecule has 0 aliphatic rings. The van der Waals surface area contributed by atoms with Crippen molar-refractivity contribution in [3.05, 3.63) is 46.5 Å². The maximum atomic E-state index is 13.8. The minimum Gasteiger partial charge on any atom is -0.500 e. The third-order valence-electron chi connectivity index (χ3n) is 2.74. The first-order valence-corrected chi connectivity index (χ1v) is 6.52. The van der Waals surface area contributed by atoms with Gasteiger partial charge in [0, 0.05) is 11.6 Å². The van der Waals surface area contributed by atoms with Crippen LogP contribution >= 0.6 is 0 Å². The van der Waals surface area contributed by atoms with Gasteiger partial charge in [0.15, 0.2) is 11.6 Å². The molecule has 0 fully saturated rings. The number of rotatable bonds is 6. The number of ketones is 1. The van der Waals surface area contributed by atoms with Gasteiger partial charge in [-0.25, -0.2) is 18.0 Å². The number of hydrogen-bond acceptors (Lipinski definition) is 4. The van der Waals surface area contributed by atoms with E-state index in [-0.39, 0.29) is 19.3 Å². The maximum absolute atomic E-state index is 13.8. The first kappa shape index (κ1) is 17.7. The summed E-state index contributed by atoms with van der Waals surface area (Å²) in [5.41, 5.74) is -1.87. The molecule has 0 radical (unpaired) electrons. The van der Waals surface area contributed by atoms with E-state index >= 15 is 0 Å². The van der Waals surface area contributed by atoms with Crippen LogP contribution in [0.4, 0.5) is 13.2 Å². The molecule has 0 saturated carbocycles. The summed E-state index contributed by atoms with van der Waals surface area (Å²) >= 11 is 0. The van der Waals surface area contributed by atoms with Crippen LogP contribution in [0.3, 0.4) is 0 Å². The molecule has 0 unspecified atom stereocenters. The van der Waals surface area contributed by atoms with Crippen molar-refractivity contribution in [3.63, 3.8) is 0 Å². The zero-order chi connectivity index (χ0) is 16.9. The zero-order valence-corrected chi connectivity index (χ0v) is 12.3. The van der Waals surface area contributed by atoms with Crippen molar-refractivity contribution in [3.8, 4) is 0 Å². The summed E-state index contributed by atoms with van der Waals surface area (Å²) in [5.74, 6) is -6.22. The van der Waals surface area contributed by atoms with E-state index in [1.165, 1.54) is 6.92 Å². The Morgan fingerprint density at radius 3 is 2.32 bits per heavy atom. The van der Waals surface area contributed by atoms with Crippen molar-refractivity contribution in [2.24, 2.45) is 0 Å². The fourth-order valence-electron chi connectivity index (χ4n) is 1.70. The lowest BCUT2D eigenvalue weighted by molar-refractivity contribution is -0.138. The van der Waals surface area contributed by atoms with Gasteiger partial charge in [-0.15, -0.1) is 0 Å². The van der Waals surface area contributed by atoms with Gasteiger partial charge in [0.1, 0.15) is 17.7 Å². The summed E-state index contributed by atoms with van der Waals surface area (Å²) in [6.07, 6.45) is 0.820. The van der Waals surface area contributed by atoms with Crippen LogP contribution in [0.25, 0.3) is 0 Å². The molecule has 0 spiro atoms. The molecule has 0 aromatic heterocycles. The molecule has 0 N–H and O–H groups in total. The van der Waals surface area contributed by atoms with Crippen LogP contribution in [0.15, 0.2) is 17.9 Å². The number of hydrogen-bond donors (Lipinski definition) is 0. The number of ether oxygens (including phenoxy) is 2. The van der Waals surface area contributed by atoms with Gasteiger partial charge in [0.05, 0.1) is 18.8 Å². The lowest BCUT2D eigenvalue weighted by Gasteiger charge is -2.10. The van der Waals surface area contributed by atoms with Crippen molar-refractivity contribution in [1.82, 2.24) is 0 Å². The quantitative estimate of drug-likeness (QED) is 0.154. The Bertz CT molecular complexity index is 624. The summed E-state index contributed by atoms with van der Waals surface area (Å²) in [6, 6.07) is 0.249. The van der Waals surface area contributed by atoms with Crippen LogP contribution in [0.1, 0.15) is 29.8 Å². The largest absolute Gasteiger partial charge is 0.500 e. The molecule has 1 aromatic rings. The van der Waals surface area contributed by atoms with E-state index in [1.807, 2.05) is 0 Å². The molecule has 0 bridgehead atoms. The van der Waals surface area contributed by atoms with Gasteiger partial charge in [-0.1, -0.05) is 0 Å². The topological polar surface area (TPSA) is 52.6 Å². The number of benzene rings is 1. The van der Waals surface area contributed by atoms with Crippen molar-refractivity contribution in [2.75, 3.05) is 13.2 Å². The van der Waals surface area contributed by atoms with Gasteiger partial charge in [0.2, 0.25) is 5.78 Å². The fraction of sp³-hybridized carbons (Fsp3) is 0.333. The Labute approximate surface area is 125 Å². The molecule has 1 rings (SSSR count). The highest BCUT2D eigenvalue weighted by Crippen LogP contribution is 2.23. The van der Waals surface area contributed by atoms with Crippen LogP contribution in [-0.4, -0.2) is 25.0 Å². The Morgan fingerprint density at radius 2 is 1.77 bits per heavy atom. The minimum atomic E-state index is -1.42. The van der Waals surface area contributed by atoms with Crippen molar-refractivity contribution in [1.29, 1.82) is 0 Å². The monoisotopic (exact) mass is 316 g/mol. The second-order valence-corrected chi connectivity index (χ2v) is 4.19. The third kappa shape index (κ3) is 3.66. The van der Waals surface area contributed by atoms with Crippen LogP contribution in [0.2, 0.25) is 0 Å². The van der Waals surface area contributed by atoms with E-state index < -0.39 is 45.9 Å². The Balaban J connectivity index is 3.37. The number of Topliss-reactive ketones (excluding diaryl/α,β-unsaturated/α-hetero) is 1. The molecule has 4 nitrogen and oxygen atoms in total. The van der Waals surface area contributed by atoms with Gasteiger partial charge in [0.25, 0.3) is 0 Å². The van der Waals surface area contributed by atoms with E-state index in [9.17, 15) is 22.8 Å². The Kier molecular flexibility index (Phi) is 6.15. The third-order valence-corrected chi connectivity index (χ3v) is 2.74. The molecule has 1 aromatic carbocycles. The molecular weight excluding hydrogens is 301 g/mol. The molecule has 7 heteroatoms. The summed E-state index contributed by atoms with van der Waals surface area (Å²) in [5, 5.41) is 0. The van der Waals surface area contributed by atoms with E-state index in [2.05, 4.69) is 4.74 Å². The molecule has 0 heterocycles. The standard InChI is InChI=1S/C15H15F3O4/c1-4-21-7-9(15(20)22-5-2)14(19)12-8(3)13(18)11(17)6-10(12)16/h6-7H,4-5H2,1-3H3/b9-7-. The SMILES string of the molecule is CCO/C=C(\C(=O)OCC)C(=O)c1c(F)cc(F)c(F)c1C. The lowest BCUT2D eigenvalue weighted by atomic mass is 9.98. The fourth-order valence-corrected chi connectivity index (χ4v) is 1.70. The smallest absolute Gasteiger partial charge is 0.345 e. The van der Waals surface area contributed by atoms with Gasteiger partial charge in [-0.2, -0.15) is 0 Å². The number of carbonyl (C=O) groups excluding carboxylic acids is 2. The highest BCUT2D eigenvalue weighted by molar-refractivity contribution is 6.24. The molecule has 0 saturated heterocycles. The summed E-state index contributed by atoms with van der Waals surface area (Å²) < 4.78 is 50.0. The average Bonchev–Trinajstić information content (AvgIpc) is 2.45. The van der Waals surface area contributed by atoms with Crippen molar-refractivity contribution >= 4 is 11.8 Å². The van der Waals surface area contributed by atoms with Gasteiger partial charge >= 0.3 is 5.97 Å². The average molecular weight is 316 g/mol. The van der Waals surface area contributed by atoms with Crippen LogP contribution < -0.4 is 0 Å². The van der Waals surface area contributed by atoms with E-state index in [0.717, 1.165) is 13.2 Å². The van der Waals surface area contributed by atoms with Gasteiger partial charge < -0.3 is 9.47 Å². The number of esters is 1. The zero-order valence-electron chi connectivity index (χ0n) is 12.3. The predicted octanol–water partition coefficient (Wildman–Crippen LogP) is 3.08. The Hall–Kier alpha value is -2.31. The lowest BCUT2D eigenvalue weighted by Crippen LogP contribution is -2.19. The summed E-state index contributed by atoms with van der Waals surface area (Å²) in [6.45, 7) is 4.29. The minimum absolute atomic E-state index is 0.0190. The summed E-state index contributed by atoms with van der Waals surface area (Å²) in [4.78, 5) is 24.1. The molecule has 120 valence electrons. The number of halogens is 3. The normalized spacial score (nSPS) is 11.3. The van der Waals surface area contributed by atoms with Crippen molar-refractivity contribution in [2.45, 2.75) is 20.8 Å². The van der Waals surface area contributed by atoms with E-state index in [1.54, 1.807) is 6.92 Å². The summed E-state index contributed by atoms with van der Waals surface area (Å²) in [7, 11) is 0. The second kappa shape index (κ2) is 7.63. The molecule has 0 atom stereocenters. The maximum Gasteiger partial charge on any atom is 0.345 e. The molecular formula is C15H15F3O4. The number of carbonyl (C=O) groups is 2. The van der Waals surface area contributed by atoms with Gasteiger partial charge in [-0.05, 0) is 20.8 Å². The van der Waals surface area contributed by atoms with Gasteiger partial charge in [-0.3, -0.25) is 4.79 Å². The first-order chi connectivity index (χ1) is 10.3. The van der Waals surface area contributed by atoms with Crippen LogP contribution in [-0.2, 0) is 14.3 Å². The highest BCUT2D eigenvalue weighted by atomic mass is 19.2. The van der Waals surface area contributed by atoms with E-state index in [4.69, 9.17) is 4.74 Å². The second-order valence-electron chi connectivity index (χ2n) is 4.19. The molecule has 22 heavy (non-hydrogen) atoms. The van der Waals surface area contributed by atoms with Crippen LogP contribution in [0.5, 0.6) is 0 Å². The highest BCUT2D eigenvalue weighted by Gasteiger charge is 2.28.